The van der Waals surface area contributed by atoms with Gasteiger partial charge in [-0.2, -0.15) is 0 Å². The van der Waals surface area contributed by atoms with Crippen molar-refractivity contribution >= 4 is 20.9 Å². The third-order valence-corrected chi connectivity index (χ3v) is 5.55. The lowest BCUT2D eigenvalue weighted by Crippen LogP contribution is -2.33. The lowest BCUT2D eigenvalue weighted by atomic mass is 9.81. The summed E-state index contributed by atoms with van der Waals surface area (Å²) in [6, 6.07) is 13.6. The zero-order chi connectivity index (χ0) is 21.4. The van der Waals surface area contributed by atoms with Gasteiger partial charge in [0, 0.05) is 5.56 Å². The van der Waals surface area contributed by atoms with E-state index in [-0.39, 0.29) is 24.3 Å². The van der Waals surface area contributed by atoms with E-state index < -0.39 is 5.92 Å². The highest BCUT2D eigenvalue weighted by Crippen LogP contribution is 2.35. The Labute approximate surface area is 175 Å². The van der Waals surface area contributed by atoms with Crippen LogP contribution in [-0.4, -0.2) is 11.8 Å². The number of aryl methyl sites for hydroxylation is 3. The van der Waals surface area contributed by atoms with E-state index >= 15 is 0 Å². The van der Waals surface area contributed by atoms with Crippen molar-refractivity contribution in [2.45, 2.75) is 53.1 Å². The highest BCUT2D eigenvalue weighted by molar-refractivity contribution is 7.00. The average molecular weight is 413 g/mol. The van der Waals surface area contributed by atoms with E-state index in [1.165, 1.54) is 9.12 Å². The molecule has 0 radical (unpaired) electrons. The second kappa shape index (κ2) is 11.0. The summed E-state index contributed by atoms with van der Waals surface area (Å²) < 4.78 is 13.8. The van der Waals surface area contributed by atoms with Crippen molar-refractivity contribution in [2.75, 3.05) is 0 Å². The van der Waals surface area contributed by atoms with Crippen molar-refractivity contribution in [1.29, 1.82) is 0 Å². The number of rotatable bonds is 6. The molecule has 4 nitrogen and oxygen atoms in total. The van der Waals surface area contributed by atoms with Crippen LogP contribution in [0, 0.1) is 32.6 Å². The monoisotopic (exact) mass is 413 g/mol. The molecule has 0 heterocycles. The quantitative estimate of drug-likeness (QED) is 0.270. The van der Waals surface area contributed by atoms with Gasteiger partial charge in [0.05, 0.1) is 0 Å². The fourth-order valence-corrected chi connectivity index (χ4v) is 4.35. The lowest BCUT2D eigenvalue weighted by molar-refractivity contribution is -0.149. The van der Waals surface area contributed by atoms with E-state index in [0.717, 1.165) is 47.9 Å². The Morgan fingerprint density at radius 2 is 1.55 bits per heavy atom. The molecule has 1 aliphatic rings. The first-order valence-electron chi connectivity index (χ1n) is 10.0. The van der Waals surface area contributed by atoms with Gasteiger partial charge in [-0.1, -0.05) is 65.4 Å². The molecular formula is C24H30O4P+. The van der Waals surface area contributed by atoms with Crippen LogP contribution in [0.15, 0.2) is 42.5 Å². The fraction of sp³-hybridized carbons (Fsp3) is 0.417. The predicted molar refractivity (Wildman–Crippen MR) is 117 cm³/mol. The van der Waals surface area contributed by atoms with Gasteiger partial charge >= 0.3 is 15.1 Å². The number of carbonyl (C=O) groups is 2. The van der Waals surface area contributed by atoms with Crippen LogP contribution < -0.4 is 0 Å². The summed E-state index contributed by atoms with van der Waals surface area (Å²) in [4.78, 5) is 26.4. The van der Waals surface area contributed by atoms with Crippen molar-refractivity contribution in [2.24, 2.45) is 11.8 Å². The van der Waals surface area contributed by atoms with Crippen LogP contribution in [0.4, 0.5) is 0 Å². The van der Waals surface area contributed by atoms with E-state index in [0.29, 0.717) is 5.56 Å². The SMILES string of the molecule is Cc1cc(C)c(C(=O)C(C(=O)OCc2ccccc2)C2CCCC2)c(C)c1.O=[PH2+]. The molecule has 2 aromatic rings. The molecule has 1 aliphatic carbocycles. The zero-order valence-corrected chi connectivity index (χ0v) is 18.6. The summed E-state index contributed by atoms with van der Waals surface area (Å²) in [7, 11) is 1.17. The fourth-order valence-electron chi connectivity index (χ4n) is 4.35. The summed E-state index contributed by atoms with van der Waals surface area (Å²) in [5, 5.41) is 0. The Balaban J connectivity index is 0.00000145. The smallest absolute Gasteiger partial charge is 0.317 e. The first kappa shape index (κ1) is 23.0. The van der Waals surface area contributed by atoms with E-state index in [1.54, 1.807) is 0 Å². The molecule has 0 saturated heterocycles. The van der Waals surface area contributed by atoms with E-state index in [4.69, 9.17) is 9.30 Å². The Hall–Kier alpha value is -2.32. The predicted octanol–water partition coefficient (Wildman–Crippen LogP) is 5.55. The molecule has 0 spiro atoms. The van der Waals surface area contributed by atoms with Crippen LogP contribution in [0.3, 0.4) is 0 Å². The standard InChI is InChI=1S/C24H28O3.H2OP/c1-16-13-17(2)21(18(3)14-16)23(25)22(20-11-7-8-12-20)24(26)27-15-19-9-5-4-6-10-19;1-2/h4-6,9-10,13-14,20,22H,7-8,11-12,15H2,1-3H3;2H2/q;+1. The number of hydrogen-bond donors (Lipinski definition) is 0. The highest BCUT2D eigenvalue weighted by atomic mass is 31.0. The van der Waals surface area contributed by atoms with Crippen LogP contribution >= 0.6 is 9.12 Å². The number of benzene rings is 2. The average Bonchev–Trinajstić information content (AvgIpc) is 3.22. The van der Waals surface area contributed by atoms with Gasteiger partial charge in [-0.15, -0.1) is 0 Å². The van der Waals surface area contributed by atoms with Crippen molar-refractivity contribution in [3.8, 4) is 0 Å². The molecule has 2 atom stereocenters. The molecule has 1 fully saturated rings. The van der Waals surface area contributed by atoms with E-state index in [9.17, 15) is 9.59 Å². The van der Waals surface area contributed by atoms with Gasteiger partial charge in [0.15, 0.2) is 5.78 Å². The van der Waals surface area contributed by atoms with Gasteiger partial charge in [0.2, 0.25) is 0 Å². The Bertz CT molecular complexity index is 818. The highest BCUT2D eigenvalue weighted by Gasteiger charge is 2.39. The molecule has 1 saturated carbocycles. The van der Waals surface area contributed by atoms with Gasteiger partial charge in [0.25, 0.3) is 0 Å². The van der Waals surface area contributed by atoms with Gasteiger partial charge in [0.1, 0.15) is 12.5 Å². The number of Topliss-reactive ketones (excluding diaryl/α,β-unsaturated/α-hetero) is 1. The second-order valence-electron chi connectivity index (χ2n) is 7.75. The van der Waals surface area contributed by atoms with Gasteiger partial charge in [-0.05, 0) is 56.2 Å². The first-order valence-corrected chi connectivity index (χ1v) is 10.5. The summed E-state index contributed by atoms with van der Waals surface area (Å²) in [5.41, 5.74) is 4.64. The molecule has 2 aromatic carbocycles. The Kier molecular flexibility index (Phi) is 8.72. The minimum absolute atomic E-state index is 0.0741. The van der Waals surface area contributed by atoms with E-state index in [1.807, 2.05) is 63.2 Å². The van der Waals surface area contributed by atoms with Crippen molar-refractivity contribution in [3.05, 3.63) is 70.3 Å². The van der Waals surface area contributed by atoms with Gasteiger partial charge < -0.3 is 4.74 Å². The number of carbonyl (C=O) groups excluding carboxylic acids is 2. The van der Waals surface area contributed by atoms with Crippen molar-refractivity contribution < 1.29 is 18.9 Å². The normalized spacial score (nSPS) is 14.6. The number of esters is 1. The van der Waals surface area contributed by atoms with Crippen LogP contribution in [0.5, 0.6) is 0 Å². The molecule has 154 valence electrons. The second-order valence-corrected chi connectivity index (χ2v) is 7.75. The van der Waals surface area contributed by atoms with Crippen molar-refractivity contribution in [3.63, 3.8) is 0 Å². The Morgan fingerprint density at radius 1 is 1.00 bits per heavy atom. The molecular weight excluding hydrogens is 383 g/mol. The molecule has 3 rings (SSSR count). The summed E-state index contributed by atoms with van der Waals surface area (Å²) in [5.74, 6) is -1.07. The molecule has 0 N–H and O–H groups in total. The molecule has 0 bridgehead atoms. The summed E-state index contributed by atoms with van der Waals surface area (Å²) in [6.45, 7) is 6.14. The summed E-state index contributed by atoms with van der Waals surface area (Å²) in [6.07, 6.45) is 3.99. The number of hydrogen-bond acceptors (Lipinski definition) is 4. The molecule has 0 aromatic heterocycles. The van der Waals surface area contributed by atoms with Crippen LogP contribution in [0.2, 0.25) is 0 Å². The number of ether oxygens (including phenoxy) is 1. The third-order valence-electron chi connectivity index (χ3n) is 5.55. The van der Waals surface area contributed by atoms with Gasteiger partial charge in [-0.25, -0.2) is 0 Å². The van der Waals surface area contributed by atoms with Crippen LogP contribution in [-0.2, 0) is 20.7 Å². The van der Waals surface area contributed by atoms with E-state index in [2.05, 4.69) is 0 Å². The molecule has 2 unspecified atom stereocenters. The minimum Gasteiger partial charge on any atom is -0.460 e. The first-order chi connectivity index (χ1) is 14.0. The minimum atomic E-state index is -0.698. The maximum absolute atomic E-state index is 13.4. The molecule has 5 heteroatoms. The number of ketones is 1. The topological polar surface area (TPSA) is 60.4 Å². The zero-order valence-electron chi connectivity index (χ0n) is 17.4. The van der Waals surface area contributed by atoms with Crippen molar-refractivity contribution in [1.82, 2.24) is 0 Å². The lowest BCUT2D eigenvalue weighted by Gasteiger charge is -2.23. The molecule has 0 amide bonds. The molecule has 0 aliphatic heterocycles. The molecule has 29 heavy (non-hydrogen) atoms. The largest absolute Gasteiger partial charge is 0.460 e. The summed E-state index contributed by atoms with van der Waals surface area (Å²) >= 11 is 0. The Morgan fingerprint density at radius 3 is 2.10 bits per heavy atom. The van der Waals surface area contributed by atoms with Gasteiger partial charge in [-0.3, -0.25) is 9.59 Å². The van der Waals surface area contributed by atoms with Crippen LogP contribution in [0.25, 0.3) is 0 Å². The third kappa shape index (κ3) is 5.83. The van der Waals surface area contributed by atoms with Crippen LogP contribution in [0.1, 0.15) is 58.3 Å². The maximum Gasteiger partial charge on any atom is 0.317 e. The maximum atomic E-state index is 13.4.